The van der Waals surface area contributed by atoms with Gasteiger partial charge in [0.25, 0.3) is 0 Å². The summed E-state index contributed by atoms with van der Waals surface area (Å²) in [5, 5.41) is 2.86. The van der Waals surface area contributed by atoms with Crippen molar-refractivity contribution in [2.24, 2.45) is 0 Å². The second kappa shape index (κ2) is 4.33. The average Bonchev–Trinajstić information content (AvgIpc) is 2.45. The lowest BCUT2D eigenvalue weighted by molar-refractivity contribution is 1.54. The molecule has 3 aromatic carbocycles. The van der Waals surface area contributed by atoms with Gasteiger partial charge >= 0.3 is 0 Å². The fraction of sp³-hybridized carbons (Fsp3) is 0. The molecule has 0 radical (unpaired) electrons. The molecule has 1 unspecified atom stereocenters. The van der Waals surface area contributed by atoms with E-state index in [2.05, 4.69) is 72.8 Å². The molecule has 0 saturated carbocycles. The van der Waals surface area contributed by atoms with E-state index in [1.807, 2.05) is 0 Å². The smallest absolute Gasteiger partial charge is 0.00212 e. The van der Waals surface area contributed by atoms with E-state index in [1.54, 1.807) is 0 Å². The highest BCUT2D eigenvalue weighted by molar-refractivity contribution is 7.55. The summed E-state index contributed by atoms with van der Waals surface area (Å²) < 4.78 is 0. The normalized spacial score (nSPS) is 12.0. The van der Waals surface area contributed by atoms with Crippen molar-refractivity contribution in [3.05, 3.63) is 72.8 Å². The zero-order valence-electron chi connectivity index (χ0n) is 10.4. The molecule has 0 nitrogen and oxygen atoms in total. The summed E-state index contributed by atoms with van der Waals surface area (Å²) in [7, 11) is 0.735. The molecule has 0 aromatic heterocycles. The van der Waals surface area contributed by atoms with Crippen molar-refractivity contribution < 1.29 is 0 Å². The van der Waals surface area contributed by atoms with E-state index in [0.717, 1.165) is 8.58 Å². The second-order valence-electron chi connectivity index (χ2n) is 4.76. The minimum Gasteiger partial charge on any atom is -0.0622 e. The van der Waals surface area contributed by atoms with E-state index in [1.165, 1.54) is 32.9 Å². The molecule has 0 heterocycles. The Hall–Kier alpha value is -1.91. The van der Waals surface area contributed by atoms with Crippen LogP contribution in [0.5, 0.6) is 0 Å². The van der Waals surface area contributed by atoms with Crippen LogP contribution in [0.25, 0.3) is 22.3 Å². The Bertz CT molecular complexity index is 745. The standard InChI is InChI=1S/C18H13P/c1-2-7-13(8-3-1)19-17-12-6-11-16-14-9-4-5-10-15(14)18(16)17/h1-12,19H. The first-order chi connectivity index (χ1) is 9.43. The first kappa shape index (κ1) is 11.0. The van der Waals surface area contributed by atoms with Gasteiger partial charge in [0.15, 0.2) is 0 Å². The Morgan fingerprint density at radius 3 is 2.05 bits per heavy atom. The molecule has 4 rings (SSSR count). The van der Waals surface area contributed by atoms with E-state index >= 15 is 0 Å². The van der Waals surface area contributed by atoms with Gasteiger partial charge in [0, 0.05) is 0 Å². The van der Waals surface area contributed by atoms with Crippen LogP contribution in [-0.4, -0.2) is 0 Å². The zero-order valence-corrected chi connectivity index (χ0v) is 11.4. The van der Waals surface area contributed by atoms with Crippen molar-refractivity contribution in [1.29, 1.82) is 0 Å². The summed E-state index contributed by atoms with van der Waals surface area (Å²) in [6.45, 7) is 0. The van der Waals surface area contributed by atoms with Gasteiger partial charge in [0.1, 0.15) is 0 Å². The lowest BCUT2D eigenvalue weighted by atomic mass is 9.81. The molecule has 0 spiro atoms. The largest absolute Gasteiger partial charge is 0.0622 e. The predicted octanol–water partition coefficient (Wildman–Crippen LogP) is 3.96. The number of benzene rings is 3. The predicted molar refractivity (Wildman–Crippen MR) is 84.9 cm³/mol. The summed E-state index contributed by atoms with van der Waals surface area (Å²) in [5.74, 6) is 0. The molecule has 0 N–H and O–H groups in total. The Labute approximate surface area is 114 Å². The molecule has 0 saturated heterocycles. The Morgan fingerprint density at radius 1 is 0.526 bits per heavy atom. The molecule has 1 aliphatic rings. The van der Waals surface area contributed by atoms with E-state index in [0.29, 0.717) is 0 Å². The molecule has 1 heteroatoms. The Kier molecular flexibility index (Phi) is 2.50. The van der Waals surface area contributed by atoms with Gasteiger partial charge in [0.05, 0.1) is 0 Å². The molecule has 0 bridgehead atoms. The fourth-order valence-corrected chi connectivity index (χ4v) is 3.97. The Morgan fingerprint density at radius 2 is 1.21 bits per heavy atom. The van der Waals surface area contributed by atoms with Crippen LogP contribution >= 0.6 is 8.58 Å². The summed E-state index contributed by atoms with van der Waals surface area (Å²) in [6.07, 6.45) is 0. The minimum absolute atomic E-state index is 0.735. The lowest BCUT2D eigenvalue weighted by Gasteiger charge is -2.26. The molecule has 19 heavy (non-hydrogen) atoms. The minimum atomic E-state index is 0.735. The molecule has 0 fully saturated rings. The topological polar surface area (TPSA) is 0 Å². The van der Waals surface area contributed by atoms with Crippen molar-refractivity contribution in [3.63, 3.8) is 0 Å². The monoisotopic (exact) mass is 260 g/mol. The highest BCUT2D eigenvalue weighted by Gasteiger charge is 2.23. The second-order valence-corrected chi connectivity index (χ2v) is 6.13. The summed E-state index contributed by atoms with van der Waals surface area (Å²) >= 11 is 0. The van der Waals surface area contributed by atoms with Gasteiger partial charge in [-0.2, -0.15) is 0 Å². The fourth-order valence-electron chi connectivity index (χ4n) is 2.72. The maximum atomic E-state index is 2.26. The van der Waals surface area contributed by atoms with Gasteiger partial charge in [-0.25, -0.2) is 0 Å². The maximum Gasteiger partial charge on any atom is -0.00212 e. The third-order valence-electron chi connectivity index (χ3n) is 3.60. The Balaban J connectivity index is 1.79. The van der Waals surface area contributed by atoms with E-state index in [9.17, 15) is 0 Å². The lowest BCUT2D eigenvalue weighted by Crippen LogP contribution is -2.12. The number of rotatable bonds is 2. The summed E-state index contributed by atoms with van der Waals surface area (Å²) in [6, 6.07) is 26.1. The van der Waals surface area contributed by atoms with Gasteiger partial charge in [-0.3, -0.25) is 0 Å². The molecule has 1 aliphatic carbocycles. The van der Waals surface area contributed by atoms with Crippen LogP contribution in [0.1, 0.15) is 0 Å². The average molecular weight is 260 g/mol. The SMILES string of the molecule is c1ccc(Pc2cccc3c2-c2ccccc2-3)cc1. The van der Waals surface area contributed by atoms with Gasteiger partial charge < -0.3 is 0 Å². The number of fused-ring (bicyclic) bond motifs is 4. The van der Waals surface area contributed by atoms with Crippen molar-refractivity contribution in [3.8, 4) is 22.3 Å². The van der Waals surface area contributed by atoms with Gasteiger partial charge in [-0.05, 0) is 32.9 Å². The highest BCUT2D eigenvalue weighted by atomic mass is 31.1. The third-order valence-corrected chi connectivity index (χ3v) is 4.91. The number of hydrogen-bond acceptors (Lipinski definition) is 0. The van der Waals surface area contributed by atoms with Gasteiger partial charge in [0.2, 0.25) is 0 Å². The van der Waals surface area contributed by atoms with Crippen LogP contribution < -0.4 is 10.6 Å². The number of hydrogen-bond donors (Lipinski definition) is 0. The zero-order chi connectivity index (χ0) is 12.7. The van der Waals surface area contributed by atoms with Crippen LogP contribution in [0, 0.1) is 0 Å². The molecule has 1 atom stereocenters. The molecule has 3 aromatic rings. The molecule has 0 aliphatic heterocycles. The van der Waals surface area contributed by atoms with Gasteiger partial charge in [-0.1, -0.05) is 81.4 Å². The van der Waals surface area contributed by atoms with Crippen LogP contribution in [0.15, 0.2) is 72.8 Å². The molecule has 90 valence electrons. The third kappa shape index (κ3) is 1.72. The highest BCUT2D eigenvalue weighted by Crippen LogP contribution is 2.46. The van der Waals surface area contributed by atoms with E-state index < -0.39 is 0 Å². The first-order valence-electron chi connectivity index (χ1n) is 6.48. The van der Waals surface area contributed by atoms with Crippen molar-refractivity contribution in [1.82, 2.24) is 0 Å². The van der Waals surface area contributed by atoms with Crippen LogP contribution in [0.4, 0.5) is 0 Å². The molecular weight excluding hydrogens is 247 g/mol. The van der Waals surface area contributed by atoms with E-state index in [-0.39, 0.29) is 0 Å². The van der Waals surface area contributed by atoms with Gasteiger partial charge in [-0.15, -0.1) is 0 Å². The van der Waals surface area contributed by atoms with Crippen molar-refractivity contribution in [2.75, 3.05) is 0 Å². The van der Waals surface area contributed by atoms with Crippen molar-refractivity contribution in [2.45, 2.75) is 0 Å². The van der Waals surface area contributed by atoms with E-state index in [4.69, 9.17) is 0 Å². The molecule has 0 amide bonds. The van der Waals surface area contributed by atoms with Crippen molar-refractivity contribution >= 4 is 19.2 Å². The van der Waals surface area contributed by atoms with Crippen LogP contribution in [0.3, 0.4) is 0 Å². The summed E-state index contributed by atoms with van der Waals surface area (Å²) in [4.78, 5) is 0. The van der Waals surface area contributed by atoms with Crippen LogP contribution in [0.2, 0.25) is 0 Å². The maximum absolute atomic E-state index is 2.26. The van der Waals surface area contributed by atoms with Crippen LogP contribution in [-0.2, 0) is 0 Å². The first-order valence-corrected chi connectivity index (χ1v) is 7.48. The summed E-state index contributed by atoms with van der Waals surface area (Å²) in [5.41, 5.74) is 5.69. The quantitative estimate of drug-likeness (QED) is 0.478. The molecular formula is C18H13P.